The molecule has 0 aliphatic carbocycles. The lowest BCUT2D eigenvalue weighted by atomic mass is 9.78. The first-order valence-electron chi connectivity index (χ1n) is 9.29. The van der Waals surface area contributed by atoms with Crippen LogP contribution in [0.3, 0.4) is 0 Å². The zero-order chi connectivity index (χ0) is 22.2. The van der Waals surface area contributed by atoms with Crippen LogP contribution in [0.4, 0.5) is 0 Å². The van der Waals surface area contributed by atoms with Crippen molar-refractivity contribution in [3.05, 3.63) is 10.4 Å². The van der Waals surface area contributed by atoms with Crippen molar-refractivity contribution in [3.63, 3.8) is 0 Å². The fourth-order valence-electron chi connectivity index (χ4n) is 2.23. The van der Waals surface area contributed by atoms with Gasteiger partial charge in [0.1, 0.15) is 11.6 Å². The van der Waals surface area contributed by atoms with Gasteiger partial charge in [-0.1, -0.05) is 19.0 Å². The summed E-state index contributed by atoms with van der Waals surface area (Å²) in [6, 6.07) is -0.902. The third kappa shape index (κ3) is 9.08. The van der Waals surface area contributed by atoms with E-state index in [1.165, 1.54) is 7.11 Å². The molecule has 9 nitrogen and oxygen atoms in total. The molecule has 28 heavy (non-hydrogen) atoms. The van der Waals surface area contributed by atoms with Crippen molar-refractivity contribution in [2.24, 2.45) is 15.9 Å². The molecule has 1 amide bonds. The maximum atomic E-state index is 12.7. The number of carbonyl (C=O) groups excluding carboxylic acids is 3. The highest BCUT2D eigenvalue weighted by atomic mass is 16.6. The molecule has 1 N–H and O–H groups in total. The molecule has 160 valence electrons. The molecule has 0 saturated heterocycles. The molecule has 0 bridgehead atoms. The largest absolute Gasteiger partial charge is 0.467 e. The first kappa shape index (κ1) is 25.7. The summed E-state index contributed by atoms with van der Waals surface area (Å²) in [5.41, 5.74) is 6.20. The summed E-state index contributed by atoms with van der Waals surface area (Å²) in [7, 11) is 1.23. The highest BCUT2D eigenvalue weighted by molar-refractivity contribution is 5.87. The minimum absolute atomic E-state index is 0.0582. The van der Waals surface area contributed by atoms with Crippen LogP contribution < -0.4 is 5.32 Å². The summed E-state index contributed by atoms with van der Waals surface area (Å²) >= 11 is 0. The van der Waals surface area contributed by atoms with Crippen LogP contribution in [-0.4, -0.2) is 43.1 Å². The number of nitrogens with one attached hydrogen (secondary N) is 1. The molecule has 0 aromatic rings. The molecule has 0 radical (unpaired) electrons. The maximum Gasteiger partial charge on any atom is 0.328 e. The fourth-order valence-corrected chi connectivity index (χ4v) is 2.23. The monoisotopic (exact) mass is 398 g/mol. The van der Waals surface area contributed by atoms with E-state index in [2.05, 4.69) is 15.3 Å². The van der Waals surface area contributed by atoms with Gasteiger partial charge in [0.25, 0.3) is 0 Å². The highest BCUT2D eigenvalue weighted by Gasteiger charge is 2.37. The van der Waals surface area contributed by atoms with Crippen molar-refractivity contribution in [3.8, 4) is 0 Å². The Kier molecular flexibility index (Phi) is 9.48. The van der Waals surface area contributed by atoms with E-state index in [0.717, 1.165) is 0 Å². The molecule has 0 aliphatic heterocycles. The number of rotatable bonds is 10. The lowest BCUT2D eigenvalue weighted by Gasteiger charge is -2.32. The molecule has 0 rings (SSSR count). The van der Waals surface area contributed by atoms with Crippen molar-refractivity contribution < 1.29 is 23.9 Å². The van der Waals surface area contributed by atoms with Gasteiger partial charge in [0.2, 0.25) is 5.91 Å². The van der Waals surface area contributed by atoms with Crippen LogP contribution in [0.5, 0.6) is 0 Å². The number of methoxy groups -OCH3 is 1. The molecule has 0 aromatic heterocycles. The van der Waals surface area contributed by atoms with Crippen molar-refractivity contribution in [2.45, 2.75) is 79.4 Å². The third-order valence-corrected chi connectivity index (χ3v) is 4.31. The van der Waals surface area contributed by atoms with Gasteiger partial charge in [-0.15, -0.1) is 0 Å². The lowest BCUT2D eigenvalue weighted by molar-refractivity contribution is -0.166. The molecule has 0 aromatic carbocycles. The Hall–Kier alpha value is -2.28. The molecule has 0 fully saturated rings. The molecule has 9 heteroatoms. The average molecular weight is 399 g/mol. The second kappa shape index (κ2) is 10.3. The molecule has 0 aliphatic rings. The van der Waals surface area contributed by atoms with Crippen molar-refractivity contribution >= 4 is 17.8 Å². The van der Waals surface area contributed by atoms with Gasteiger partial charge in [0, 0.05) is 16.9 Å². The van der Waals surface area contributed by atoms with Gasteiger partial charge in [0.15, 0.2) is 0 Å². The van der Waals surface area contributed by atoms with Crippen molar-refractivity contribution in [2.75, 3.05) is 13.7 Å². The summed E-state index contributed by atoms with van der Waals surface area (Å²) in [6.07, 6.45) is 0.987. The number of ether oxygens (including phenoxy) is 2. The van der Waals surface area contributed by atoms with E-state index in [-0.39, 0.29) is 24.8 Å². The number of carbonyl (C=O) groups is 3. The van der Waals surface area contributed by atoms with Gasteiger partial charge in [-0.05, 0) is 59.4 Å². The Morgan fingerprint density at radius 1 is 1.04 bits per heavy atom. The van der Waals surface area contributed by atoms with Gasteiger partial charge in [-0.2, -0.15) is 0 Å². The number of nitrogens with zero attached hydrogens (tertiary/aromatic N) is 3. The van der Waals surface area contributed by atoms with Gasteiger partial charge < -0.3 is 14.8 Å². The zero-order valence-electron chi connectivity index (χ0n) is 18.3. The van der Waals surface area contributed by atoms with E-state index in [9.17, 15) is 14.4 Å². The molecular weight excluding hydrogens is 364 g/mol. The molecule has 0 spiro atoms. The van der Waals surface area contributed by atoms with Crippen LogP contribution >= 0.6 is 0 Å². The Morgan fingerprint density at radius 3 is 2.04 bits per heavy atom. The Bertz CT molecular complexity index is 616. The van der Waals surface area contributed by atoms with Crippen LogP contribution in [0.15, 0.2) is 5.11 Å². The van der Waals surface area contributed by atoms with Gasteiger partial charge in [-0.25, -0.2) is 4.79 Å². The molecule has 1 atom stereocenters. The fraction of sp³-hybridized carbons (Fsp3) is 0.842. The van der Waals surface area contributed by atoms with E-state index in [0.29, 0.717) is 12.8 Å². The summed E-state index contributed by atoms with van der Waals surface area (Å²) in [5, 5.41) is 6.04. The number of hydrogen-bond donors (Lipinski definition) is 1. The first-order chi connectivity index (χ1) is 12.7. The van der Waals surface area contributed by atoms with E-state index >= 15 is 0 Å². The van der Waals surface area contributed by atoms with Gasteiger partial charge >= 0.3 is 11.9 Å². The molecule has 0 unspecified atom stereocenters. The second-order valence-corrected chi connectivity index (χ2v) is 9.06. The first-order valence-corrected chi connectivity index (χ1v) is 9.29. The van der Waals surface area contributed by atoms with Crippen LogP contribution in [0.1, 0.15) is 67.7 Å². The number of azide groups is 1. The van der Waals surface area contributed by atoms with E-state index in [4.69, 9.17) is 15.0 Å². The van der Waals surface area contributed by atoms with Crippen LogP contribution in [-0.2, 0) is 23.9 Å². The Morgan fingerprint density at radius 2 is 1.57 bits per heavy atom. The molecule has 0 saturated carbocycles. The second-order valence-electron chi connectivity index (χ2n) is 9.06. The topological polar surface area (TPSA) is 130 Å². The average Bonchev–Trinajstić information content (AvgIpc) is 2.57. The zero-order valence-corrected chi connectivity index (χ0v) is 18.3. The molecular formula is C19H34N4O5. The summed E-state index contributed by atoms with van der Waals surface area (Å²) in [4.78, 5) is 39.6. The van der Waals surface area contributed by atoms with E-state index in [1.807, 2.05) is 20.8 Å². The minimum Gasteiger partial charge on any atom is -0.467 e. The summed E-state index contributed by atoms with van der Waals surface area (Å²) in [5.74, 6) is -1.27. The van der Waals surface area contributed by atoms with E-state index < -0.39 is 28.4 Å². The smallest absolute Gasteiger partial charge is 0.328 e. The summed E-state index contributed by atoms with van der Waals surface area (Å²) < 4.78 is 10.2. The number of amides is 1. The lowest BCUT2D eigenvalue weighted by Crippen LogP contribution is -2.47. The van der Waals surface area contributed by atoms with Crippen molar-refractivity contribution in [1.82, 2.24) is 5.32 Å². The summed E-state index contributed by atoms with van der Waals surface area (Å²) in [6.45, 7) is 12.5. The minimum atomic E-state index is -0.902. The SMILES string of the molecule is COC(=O)[C@H](CCN=[N+]=[N-])NC(=O)C(C)(C)CCC(C)(C)C(=O)OC(C)(C)C. The van der Waals surface area contributed by atoms with Crippen molar-refractivity contribution in [1.29, 1.82) is 0 Å². The Balaban J connectivity index is 5.01. The van der Waals surface area contributed by atoms with E-state index in [1.54, 1.807) is 27.7 Å². The quantitative estimate of drug-likeness (QED) is 0.260. The normalized spacial score (nSPS) is 13.1. The highest BCUT2D eigenvalue weighted by Crippen LogP contribution is 2.33. The standard InChI is InChI=1S/C19H34N4O5/c1-17(2,3)28-16(26)19(6,7)11-10-18(4,5)15(25)22-13(14(24)27-8)9-12-21-23-20/h13H,9-12H2,1-8H3,(H,22,25)/t13-/m0/s1. The van der Waals surface area contributed by atoms with Crippen LogP contribution in [0.2, 0.25) is 0 Å². The van der Waals surface area contributed by atoms with Gasteiger partial charge in [0.05, 0.1) is 12.5 Å². The molecule has 0 heterocycles. The Labute approximate surface area is 167 Å². The number of hydrogen-bond acceptors (Lipinski definition) is 6. The predicted molar refractivity (Wildman–Crippen MR) is 105 cm³/mol. The van der Waals surface area contributed by atoms with Gasteiger partial charge in [-0.3, -0.25) is 9.59 Å². The predicted octanol–water partition coefficient (Wildman–Crippen LogP) is 3.52. The number of esters is 2. The third-order valence-electron chi connectivity index (χ3n) is 4.31. The maximum absolute atomic E-state index is 12.7. The van der Waals surface area contributed by atoms with Crippen LogP contribution in [0, 0.1) is 10.8 Å². The van der Waals surface area contributed by atoms with Crippen LogP contribution in [0.25, 0.3) is 10.4 Å².